The molecule has 1 aliphatic heterocycles. The zero-order valence-electron chi connectivity index (χ0n) is 7.50. The van der Waals surface area contributed by atoms with Crippen LogP contribution in [0.2, 0.25) is 0 Å². The molecule has 0 spiro atoms. The molecule has 0 radical (unpaired) electrons. The van der Waals surface area contributed by atoms with Crippen LogP contribution < -0.4 is 5.32 Å². The van der Waals surface area contributed by atoms with Crippen molar-refractivity contribution in [3.05, 3.63) is 0 Å². The van der Waals surface area contributed by atoms with Gasteiger partial charge in [0.15, 0.2) is 0 Å². The van der Waals surface area contributed by atoms with Crippen molar-refractivity contribution in [1.29, 1.82) is 0 Å². The fourth-order valence-electron chi connectivity index (χ4n) is 1.16. The van der Waals surface area contributed by atoms with Gasteiger partial charge in [-0.05, 0) is 13.3 Å². The second-order valence-electron chi connectivity index (χ2n) is 3.41. The van der Waals surface area contributed by atoms with Crippen molar-refractivity contribution in [2.75, 3.05) is 13.2 Å². The minimum absolute atomic E-state index is 0.0239. The highest BCUT2D eigenvalue weighted by molar-refractivity contribution is 5.78. The summed E-state index contributed by atoms with van der Waals surface area (Å²) in [4.78, 5) is 21.0. The van der Waals surface area contributed by atoms with Gasteiger partial charge in [-0.3, -0.25) is 9.59 Å². The number of hydrogen-bond acceptors (Lipinski definition) is 3. The Bertz CT molecular complexity index is 216. The number of hydrogen-bond donors (Lipinski definition) is 2. The van der Waals surface area contributed by atoms with E-state index in [4.69, 9.17) is 9.84 Å². The first kappa shape index (κ1) is 9.98. The van der Waals surface area contributed by atoms with Gasteiger partial charge in [-0.25, -0.2) is 0 Å². The molecular weight excluding hydrogens is 174 g/mol. The molecule has 0 aliphatic carbocycles. The van der Waals surface area contributed by atoms with Crippen LogP contribution in [0, 0.1) is 0 Å². The maximum Gasteiger partial charge on any atom is 0.303 e. The Morgan fingerprint density at radius 1 is 1.77 bits per heavy atom. The van der Waals surface area contributed by atoms with E-state index >= 15 is 0 Å². The third-order valence-electron chi connectivity index (χ3n) is 2.08. The molecule has 5 heteroatoms. The molecule has 1 fully saturated rings. The van der Waals surface area contributed by atoms with Gasteiger partial charge in [0.05, 0.1) is 5.60 Å². The first-order valence-electron chi connectivity index (χ1n) is 4.14. The quantitative estimate of drug-likeness (QED) is 0.639. The van der Waals surface area contributed by atoms with Gasteiger partial charge in [0.1, 0.15) is 6.61 Å². The predicted octanol–water partition coefficient (Wildman–Crippen LogP) is -0.244. The van der Waals surface area contributed by atoms with Gasteiger partial charge >= 0.3 is 5.97 Å². The van der Waals surface area contributed by atoms with Crippen LogP contribution in [0.25, 0.3) is 0 Å². The van der Waals surface area contributed by atoms with Gasteiger partial charge in [-0.1, -0.05) is 0 Å². The van der Waals surface area contributed by atoms with Crippen LogP contribution in [0.15, 0.2) is 0 Å². The number of morpholine rings is 1. The summed E-state index contributed by atoms with van der Waals surface area (Å²) < 4.78 is 5.25. The topological polar surface area (TPSA) is 75.6 Å². The largest absolute Gasteiger partial charge is 0.481 e. The molecule has 0 aromatic heterocycles. The van der Waals surface area contributed by atoms with Crippen LogP contribution in [0.3, 0.4) is 0 Å². The van der Waals surface area contributed by atoms with Crippen LogP contribution in [0.5, 0.6) is 0 Å². The summed E-state index contributed by atoms with van der Waals surface area (Å²) in [7, 11) is 0. The van der Waals surface area contributed by atoms with E-state index in [-0.39, 0.29) is 18.9 Å². The number of carboxylic acid groups (broad SMARTS) is 1. The molecule has 1 aliphatic rings. The number of carboxylic acids is 1. The second kappa shape index (κ2) is 3.74. The van der Waals surface area contributed by atoms with Gasteiger partial charge in [0.25, 0.3) is 0 Å². The third kappa shape index (κ3) is 3.02. The maximum atomic E-state index is 10.7. The minimum atomic E-state index is -0.846. The highest BCUT2D eigenvalue weighted by Gasteiger charge is 2.30. The fourth-order valence-corrected chi connectivity index (χ4v) is 1.16. The van der Waals surface area contributed by atoms with E-state index in [0.717, 1.165) is 0 Å². The number of carbonyl (C=O) groups is 2. The Labute approximate surface area is 76.1 Å². The number of ether oxygens (including phenoxy) is 1. The molecule has 0 saturated carbocycles. The summed E-state index contributed by atoms with van der Waals surface area (Å²) >= 11 is 0. The van der Waals surface area contributed by atoms with E-state index in [9.17, 15) is 9.59 Å². The van der Waals surface area contributed by atoms with E-state index in [1.54, 1.807) is 6.92 Å². The van der Waals surface area contributed by atoms with Gasteiger partial charge in [0.2, 0.25) is 5.91 Å². The molecule has 1 amide bonds. The average Bonchev–Trinajstić information content (AvgIpc) is 2.08. The number of nitrogens with one attached hydrogen (secondary N) is 1. The molecule has 1 atom stereocenters. The molecule has 74 valence electrons. The molecule has 5 nitrogen and oxygen atoms in total. The second-order valence-corrected chi connectivity index (χ2v) is 3.41. The Kier molecular flexibility index (Phi) is 2.87. The highest BCUT2D eigenvalue weighted by Crippen LogP contribution is 2.18. The Hall–Kier alpha value is -1.10. The summed E-state index contributed by atoms with van der Waals surface area (Å²) in [5.74, 6) is -0.991. The lowest BCUT2D eigenvalue weighted by molar-refractivity contribution is -0.145. The van der Waals surface area contributed by atoms with Gasteiger partial charge in [-0.15, -0.1) is 0 Å². The number of rotatable bonds is 3. The fraction of sp³-hybridized carbons (Fsp3) is 0.750. The van der Waals surface area contributed by atoms with E-state index in [1.807, 2.05) is 0 Å². The zero-order valence-corrected chi connectivity index (χ0v) is 7.50. The minimum Gasteiger partial charge on any atom is -0.481 e. The van der Waals surface area contributed by atoms with Crippen molar-refractivity contribution in [3.8, 4) is 0 Å². The van der Waals surface area contributed by atoms with Gasteiger partial charge < -0.3 is 15.2 Å². The third-order valence-corrected chi connectivity index (χ3v) is 2.08. The Morgan fingerprint density at radius 3 is 2.92 bits per heavy atom. The van der Waals surface area contributed by atoms with E-state index in [0.29, 0.717) is 13.0 Å². The van der Waals surface area contributed by atoms with Crippen LogP contribution in [0.4, 0.5) is 0 Å². The average molecular weight is 187 g/mol. The van der Waals surface area contributed by atoms with E-state index in [1.165, 1.54) is 0 Å². The molecule has 0 bridgehead atoms. The predicted molar refractivity (Wildman–Crippen MR) is 44.2 cm³/mol. The summed E-state index contributed by atoms with van der Waals surface area (Å²) in [5.41, 5.74) is -0.522. The molecule has 1 unspecified atom stereocenters. The summed E-state index contributed by atoms with van der Waals surface area (Å²) in [5, 5.41) is 11.1. The van der Waals surface area contributed by atoms with E-state index in [2.05, 4.69) is 5.32 Å². The van der Waals surface area contributed by atoms with Crippen molar-refractivity contribution in [2.24, 2.45) is 0 Å². The monoisotopic (exact) mass is 187 g/mol. The van der Waals surface area contributed by atoms with Crippen molar-refractivity contribution < 1.29 is 19.4 Å². The smallest absolute Gasteiger partial charge is 0.303 e. The van der Waals surface area contributed by atoms with E-state index < -0.39 is 11.6 Å². The van der Waals surface area contributed by atoms with Crippen LogP contribution >= 0.6 is 0 Å². The van der Waals surface area contributed by atoms with Crippen molar-refractivity contribution in [2.45, 2.75) is 25.4 Å². The molecular formula is C8H13NO4. The molecule has 1 heterocycles. The number of carbonyl (C=O) groups excluding carboxylic acids is 1. The van der Waals surface area contributed by atoms with Crippen LogP contribution in [0.1, 0.15) is 19.8 Å². The van der Waals surface area contributed by atoms with Crippen molar-refractivity contribution in [3.63, 3.8) is 0 Å². The van der Waals surface area contributed by atoms with Crippen LogP contribution in [-0.4, -0.2) is 35.7 Å². The van der Waals surface area contributed by atoms with Crippen molar-refractivity contribution >= 4 is 11.9 Å². The SMILES string of the molecule is CC1(CCC(=O)O)CNC(=O)CO1. The maximum absolute atomic E-state index is 10.7. The van der Waals surface area contributed by atoms with Gasteiger partial charge in [0, 0.05) is 13.0 Å². The molecule has 2 N–H and O–H groups in total. The molecule has 1 rings (SSSR count). The molecule has 13 heavy (non-hydrogen) atoms. The lowest BCUT2D eigenvalue weighted by atomic mass is 9.99. The lowest BCUT2D eigenvalue weighted by Crippen LogP contribution is -2.50. The standard InChI is InChI=1S/C8H13NO4/c1-8(3-2-7(11)12)5-9-6(10)4-13-8/h2-5H2,1H3,(H,9,10)(H,11,12). The van der Waals surface area contributed by atoms with Crippen molar-refractivity contribution in [1.82, 2.24) is 5.32 Å². The summed E-state index contributed by atoms with van der Waals surface area (Å²) in [6, 6.07) is 0. The summed E-state index contributed by atoms with van der Waals surface area (Å²) in [6.45, 7) is 2.21. The number of amides is 1. The first-order valence-corrected chi connectivity index (χ1v) is 4.14. The lowest BCUT2D eigenvalue weighted by Gasteiger charge is -2.33. The molecule has 0 aromatic rings. The Balaban J connectivity index is 2.38. The Morgan fingerprint density at radius 2 is 2.46 bits per heavy atom. The molecule has 0 aromatic carbocycles. The highest BCUT2D eigenvalue weighted by atomic mass is 16.5. The molecule has 1 saturated heterocycles. The zero-order chi connectivity index (χ0) is 9.90. The van der Waals surface area contributed by atoms with Gasteiger partial charge in [-0.2, -0.15) is 0 Å². The number of aliphatic carboxylic acids is 1. The summed E-state index contributed by atoms with van der Waals surface area (Å²) in [6.07, 6.45) is 0.481. The van der Waals surface area contributed by atoms with Crippen LogP contribution in [-0.2, 0) is 14.3 Å². The first-order chi connectivity index (χ1) is 6.02. The normalized spacial score (nSPS) is 28.2.